The zero-order valence-corrected chi connectivity index (χ0v) is 8.91. The lowest BCUT2D eigenvalue weighted by Crippen LogP contribution is -2.43. The summed E-state index contributed by atoms with van der Waals surface area (Å²) in [7, 11) is 0. The van der Waals surface area contributed by atoms with Crippen molar-refractivity contribution in [2.24, 2.45) is 5.73 Å². The van der Waals surface area contributed by atoms with Crippen LogP contribution in [0.25, 0.3) is 0 Å². The lowest BCUT2D eigenvalue weighted by molar-refractivity contribution is 0.549. The zero-order valence-electron chi connectivity index (χ0n) is 8.09. The molecule has 0 aliphatic carbocycles. The molecule has 12 heavy (non-hydrogen) atoms. The van der Waals surface area contributed by atoms with Gasteiger partial charge < -0.3 is 5.73 Å². The highest BCUT2D eigenvalue weighted by molar-refractivity contribution is 8.01. The monoisotopic (exact) mass is 187 g/mol. The predicted octanol–water partition coefficient (Wildman–Crippen LogP) is 2.79. The predicted molar refractivity (Wildman–Crippen MR) is 57.6 cm³/mol. The SMILES string of the molecule is CCCCCCCC1SCC1N. The van der Waals surface area contributed by atoms with E-state index < -0.39 is 0 Å². The molecule has 1 saturated heterocycles. The summed E-state index contributed by atoms with van der Waals surface area (Å²) in [6, 6.07) is 0.515. The van der Waals surface area contributed by atoms with E-state index in [0.717, 1.165) is 5.25 Å². The fourth-order valence-electron chi connectivity index (χ4n) is 1.59. The third kappa shape index (κ3) is 3.36. The Kier molecular flexibility index (Phi) is 5.08. The topological polar surface area (TPSA) is 26.0 Å². The van der Waals surface area contributed by atoms with Gasteiger partial charge in [-0.25, -0.2) is 0 Å². The summed E-state index contributed by atoms with van der Waals surface area (Å²) < 4.78 is 0. The van der Waals surface area contributed by atoms with Crippen molar-refractivity contribution in [3.8, 4) is 0 Å². The minimum atomic E-state index is 0.515. The maximum absolute atomic E-state index is 5.84. The Hall–Kier alpha value is 0.310. The molecule has 0 amide bonds. The maximum atomic E-state index is 5.84. The summed E-state index contributed by atoms with van der Waals surface area (Å²) in [4.78, 5) is 0. The van der Waals surface area contributed by atoms with Crippen LogP contribution < -0.4 is 5.73 Å². The molecule has 0 aromatic carbocycles. The molecule has 1 nitrogen and oxygen atoms in total. The molecule has 2 unspecified atom stereocenters. The molecule has 0 saturated carbocycles. The first-order valence-corrected chi connectivity index (χ1v) is 6.26. The highest BCUT2D eigenvalue weighted by atomic mass is 32.2. The van der Waals surface area contributed by atoms with Gasteiger partial charge in [0.1, 0.15) is 0 Å². The summed E-state index contributed by atoms with van der Waals surface area (Å²) >= 11 is 2.05. The first-order chi connectivity index (χ1) is 5.84. The molecule has 0 bridgehead atoms. The lowest BCUT2D eigenvalue weighted by atomic mass is 10.1. The van der Waals surface area contributed by atoms with Crippen LogP contribution in [0.1, 0.15) is 45.4 Å². The van der Waals surface area contributed by atoms with Crippen LogP contribution in [0.4, 0.5) is 0 Å². The van der Waals surface area contributed by atoms with E-state index in [1.807, 2.05) is 0 Å². The van der Waals surface area contributed by atoms with Gasteiger partial charge in [0.2, 0.25) is 0 Å². The van der Waals surface area contributed by atoms with Crippen molar-refractivity contribution in [1.29, 1.82) is 0 Å². The van der Waals surface area contributed by atoms with Crippen molar-refractivity contribution in [2.45, 2.75) is 56.7 Å². The molecule has 0 spiro atoms. The standard InChI is InChI=1S/C10H21NS/c1-2-3-4-5-6-7-10-9(11)8-12-10/h9-10H,2-8,11H2,1H3. The van der Waals surface area contributed by atoms with Crippen LogP contribution in [0.15, 0.2) is 0 Å². The quantitative estimate of drug-likeness (QED) is 0.647. The van der Waals surface area contributed by atoms with Gasteiger partial charge >= 0.3 is 0 Å². The van der Waals surface area contributed by atoms with Crippen molar-refractivity contribution in [3.05, 3.63) is 0 Å². The zero-order chi connectivity index (χ0) is 8.81. The second-order valence-electron chi connectivity index (χ2n) is 3.74. The number of hydrogen-bond donors (Lipinski definition) is 1. The minimum Gasteiger partial charge on any atom is -0.326 e. The van der Waals surface area contributed by atoms with Gasteiger partial charge in [-0.2, -0.15) is 11.8 Å². The highest BCUT2D eigenvalue weighted by Crippen LogP contribution is 2.31. The van der Waals surface area contributed by atoms with Crippen molar-refractivity contribution in [2.75, 3.05) is 5.75 Å². The Labute approximate surface area is 80.5 Å². The largest absolute Gasteiger partial charge is 0.326 e. The molecule has 1 rings (SSSR count). The van der Waals surface area contributed by atoms with Crippen molar-refractivity contribution in [3.63, 3.8) is 0 Å². The Balaban J connectivity index is 1.82. The van der Waals surface area contributed by atoms with Gasteiger partial charge in [-0.1, -0.05) is 39.0 Å². The number of hydrogen-bond acceptors (Lipinski definition) is 2. The van der Waals surface area contributed by atoms with Crippen LogP contribution in [0, 0.1) is 0 Å². The Morgan fingerprint density at radius 1 is 1.25 bits per heavy atom. The fourth-order valence-corrected chi connectivity index (χ4v) is 2.61. The molecule has 72 valence electrons. The number of nitrogens with two attached hydrogens (primary N) is 1. The molecule has 2 atom stereocenters. The molecule has 2 N–H and O–H groups in total. The summed E-state index contributed by atoms with van der Waals surface area (Å²) in [6.07, 6.45) is 8.34. The second-order valence-corrected chi connectivity index (χ2v) is 5.01. The van der Waals surface area contributed by atoms with E-state index in [2.05, 4.69) is 18.7 Å². The average molecular weight is 187 g/mol. The maximum Gasteiger partial charge on any atom is 0.0251 e. The van der Waals surface area contributed by atoms with E-state index in [1.54, 1.807) is 0 Å². The van der Waals surface area contributed by atoms with Gasteiger partial charge in [0.05, 0.1) is 0 Å². The van der Waals surface area contributed by atoms with Gasteiger partial charge in [0.25, 0.3) is 0 Å². The fraction of sp³-hybridized carbons (Fsp3) is 1.00. The van der Waals surface area contributed by atoms with E-state index >= 15 is 0 Å². The molecule has 0 aromatic heterocycles. The van der Waals surface area contributed by atoms with Crippen LogP contribution in [-0.4, -0.2) is 17.0 Å². The van der Waals surface area contributed by atoms with E-state index in [1.165, 1.54) is 44.3 Å². The smallest absolute Gasteiger partial charge is 0.0251 e. The van der Waals surface area contributed by atoms with Crippen LogP contribution in [0.3, 0.4) is 0 Å². The summed E-state index contributed by atoms with van der Waals surface area (Å²) in [5.74, 6) is 1.19. The van der Waals surface area contributed by atoms with Gasteiger partial charge in [-0.05, 0) is 6.42 Å². The molecular formula is C10H21NS. The number of thioether (sulfide) groups is 1. The average Bonchev–Trinajstić information content (AvgIpc) is 2.08. The molecule has 2 heteroatoms. The van der Waals surface area contributed by atoms with Crippen LogP contribution in [0.5, 0.6) is 0 Å². The second kappa shape index (κ2) is 5.87. The van der Waals surface area contributed by atoms with Crippen LogP contribution in [-0.2, 0) is 0 Å². The van der Waals surface area contributed by atoms with Crippen LogP contribution >= 0.6 is 11.8 Å². The lowest BCUT2D eigenvalue weighted by Gasteiger charge is -2.32. The molecule has 0 aromatic rings. The van der Waals surface area contributed by atoms with Crippen molar-refractivity contribution >= 4 is 11.8 Å². The van der Waals surface area contributed by atoms with E-state index in [9.17, 15) is 0 Å². The number of rotatable bonds is 6. The summed E-state index contributed by atoms with van der Waals surface area (Å²) in [5.41, 5.74) is 5.84. The molecule has 1 fully saturated rings. The normalized spacial score (nSPS) is 28.5. The Morgan fingerprint density at radius 3 is 2.50 bits per heavy atom. The summed E-state index contributed by atoms with van der Waals surface area (Å²) in [6.45, 7) is 2.26. The number of unbranched alkanes of at least 4 members (excludes halogenated alkanes) is 4. The van der Waals surface area contributed by atoms with Gasteiger partial charge in [-0.3, -0.25) is 0 Å². The Morgan fingerprint density at radius 2 is 2.00 bits per heavy atom. The third-order valence-corrected chi connectivity index (χ3v) is 4.16. The molecule has 1 heterocycles. The van der Waals surface area contributed by atoms with E-state index in [-0.39, 0.29) is 0 Å². The van der Waals surface area contributed by atoms with Crippen molar-refractivity contribution < 1.29 is 0 Å². The van der Waals surface area contributed by atoms with Gasteiger partial charge in [0.15, 0.2) is 0 Å². The van der Waals surface area contributed by atoms with Crippen LogP contribution in [0.2, 0.25) is 0 Å². The Bertz CT molecular complexity index is 116. The van der Waals surface area contributed by atoms with Crippen molar-refractivity contribution in [1.82, 2.24) is 0 Å². The molecule has 0 radical (unpaired) electrons. The molecular weight excluding hydrogens is 166 g/mol. The molecule has 1 aliphatic heterocycles. The van der Waals surface area contributed by atoms with E-state index in [0.29, 0.717) is 6.04 Å². The minimum absolute atomic E-state index is 0.515. The first-order valence-electron chi connectivity index (χ1n) is 5.21. The van der Waals surface area contributed by atoms with Gasteiger partial charge in [-0.15, -0.1) is 0 Å². The highest BCUT2D eigenvalue weighted by Gasteiger charge is 2.26. The van der Waals surface area contributed by atoms with Gasteiger partial charge in [0, 0.05) is 17.0 Å². The third-order valence-electron chi connectivity index (χ3n) is 2.57. The summed E-state index contributed by atoms with van der Waals surface area (Å²) in [5, 5.41) is 0.798. The van der Waals surface area contributed by atoms with E-state index in [4.69, 9.17) is 5.73 Å². The first kappa shape index (κ1) is 10.4. The molecule has 1 aliphatic rings.